The van der Waals surface area contributed by atoms with Gasteiger partial charge in [0.2, 0.25) is 0 Å². The molecule has 168 valence electrons. The molecule has 0 heterocycles. The molecular formula is C27H42O3. The highest BCUT2D eigenvalue weighted by molar-refractivity contribution is 5.39. The number of aliphatic hydroxyl groups is 3. The van der Waals surface area contributed by atoms with Crippen LogP contribution in [0.5, 0.6) is 0 Å². The van der Waals surface area contributed by atoms with E-state index in [2.05, 4.69) is 32.2 Å². The van der Waals surface area contributed by atoms with Gasteiger partial charge in [-0.2, -0.15) is 0 Å². The highest BCUT2D eigenvalue weighted by Crippen LogP contribution is 2.61. The van der Waals surface area contributed by atoms with Gasteiger partial charge < -0.3 is 15.3 Å². The van der Waals surface area contributed by atoms with E-state index in [1.54, 1.807) is 0 Å². The van der Waals surface area contributed by atoms with E-state index in [4.69, 9.17) is 0 Å². The molecule has 0 amide bonds. The van der Waals surface area contributed by atoms with E-state index in [0.717, 1.165) is 36.8 Å². The smallest absolute Gasteiger partial charge is 0.0811 e. The highest BCUT2D eigenvalue weighted by atomic mass is 16.3. The second-order valence-electron chi connectivity index (χ2n) is 10.8. The van der Waals surface area contributed by atoms with Crippen LogP contribution in [0.3, 0.4) is 0 Å². The van der Waals surface area contributed by atoms with Gasteiger partial charge >= 0.3 is 0 Å². The van der Waals surface area contributed by atoms with Crippen LogP contribution in [0.2, 0.25) is 0 Å². The molecule has 3 N–H and O–H groups in total. The minimum absolute atomic E-state index is 0.266. The van der Waals surface area contributed by atoms with Gasteiger partial charge in [-0.25, -0.2) is 0 Å². The van der Waals surface area contributed by atoms with Crippen molar-refractivity contribution in [2.24, 2.45) is 17.3 Å². The van der Waals surface area contributed by atoms with Crippen LogP contribution < -0.4 is 0 Å². The molecule has 0 aromatic heterocycles. The molecule has 0 radical (unpaired) electrons. The summed E-state index contributed by atoms with van der Waals surface area (Å²) in [5, 5.41) is 30.4. The predicted molar refractivity (Wildman–Crippen MR) is 124 cm³/mol. The van der Waals surface area contributed by atoms with Crippen molar-refractivity contribution in [1.29, 1.82) is 0 Å². The Kier molecular flexibility index (Phi) is 7.16. The zero-order valence-electron chi connectivity index (χ0n) is 19.3. The van der Waals surface area contributed by atoms with Crippen LogP contribution in [0.15, 0.2) is 47.6 Å². The monoisotopic (exact) mass is 414 g/mol. The van der Waals surface area contributed by atoms with Crippen molar-refractivity contribution in [1.82, 2.24) is 0 Å². The summed E-state index contributed by atoms with van der Waals surface area (Å²) in [5.41, 5.74) is 4.24. The lowest BCUT2D eigenvalue weighted by molar-refractivity contribution is 0.0523. The summed E-state index contributed by atoms with van der Waals surface area (Å²) in [4.78, 5) is 0. The molecule has 0 unspecified atom stereocenters. The maximum Gasteiger partial charge on any atom is 0.0811 e. The van der Waals surface area contributed by atoms with Crippen LogP contribution in [0.1, 0.15) is 85.0 Å². The molecule has 3 aliphatic rings. The minimum Gasteiger partial charge on any atom is -0.393 e. The van der Waals surface area contributed by atoms with E-state index < -0.39 is 17.8 Å². The SMILES string of the molecule is C=C(C)[C@H]1CC[C@H]2/C(=C/C=C3\C[C@@H](O)C[C@H](O)C3=C)CCC[C@]12CCCC(C)(C)O. The van der Waals surface area contributed by atoms with Crippen molar-refractivity contribution in [2.75, 3.05) is 0 Å². The second-order valence-corrected chi connectivity index (χ2v) is 10.8. The fourth-order valence-electron chi connectivity index (χ4n) is 6.58. The molecule has 3 rings (SSSR count). The average Bonchev–Trinajstić information content (AvgIpc) is 3.02. The van der Waals surface area contributed by atoms with Gasteiger partial charge in [0, 0.05) is 6.42 Å². The van der Waals surface area contributed by atoms with Crippen LogP contribution in [0.4, 0.5) is 0 Å². The Hall–Kier alpha value is -1.16. The van der Waals surface area contributed by atoms with Crippen molar-refractivity contribution < 1.29 is 15.3 Å². The molecule has 0 spiro atoms. The Morgan fingerprint density at radius 1 is 1.23 bits per heavy atom. The summed E-state index contributed by atoms with van der Waals surface area (Å²) in [7, 11) is 0. The molecule has 3 aliphatic carbocycles. The van der Waals surface area contributed by atoms with E-state index in [-0.39, 0.29) is 5.41 Å². The van der Waals surface area contributed by atoms with Gasteiger partial charge in [0.15, 0.2) is 0 Å². The average molecular weight is 415 g/mol. The first-order valence-electron chi connectivity index (χ1n) is 11.9. The summed E-state index contributed by atoms with van der Waals surface area (Å²) < 4.78 is 0. The van der Waals surface area contributed by atoms with Gasteiger partial charge in [0.05, 0.1) is 17.8 Å². The number of rotatable bonds is 6. The lowest BCUT2D eigenvalue weighted by Gasteiger charge is -2.46. The molecule has 0 aliphatic heterocycles. The fraction of sp³-hybridized carbons (Fsp3) is 0.704. The third-order valence-corrected chi connectivity index (χ3v) is 7.98. The summed E-state index contributed by atoms with van der Waals surface area (Å²) in [5.74, 6) is 1.13. The molecule has 0 aromatic rings. The zero-order valence-corrected chi connectivity index (χ0v) is 19.3. The standard InChI is InChI=1S/C27H42O3/c1-18(2)23-11-12-24-20(9-10-21-16-22(28)17-25(29)19(21)3)8-6-14-27(23,24)15-7-13-26(4,5)30/h9-10,22-25,28-30H,1,3,6-8,11-17H2,2,4-5H3/b20-9+,21-10+/t22-,23-,24+,25+,27+/m1/s1. The van der Waals surface area contributed by atoms with Gasteiger partial charge in [-0.3, -0.25) is 0 Å². The molecular weight excluding hydrogens is 372 g/mol. The van der Waals surface area contributed by atoms with E-state index in [9.17, 15) is 15.3 Å². The molecule has 30 heavy (non-hydrogen) atoms. The van der Waals surface area contributed by atoms with Crippen LogP contribution in [0, 0.1) is 17.3 Å². The molecule has 0 aromatic carbocycles. The predicted octanol–water partition coefficient (Wildman–Crippen LogP) is 5.62. The van der Waals surface area contributed by atoms with E-state index in [0.29, 0.717) is 24.7 Å². The van der Waals surface area contributed by atoms with Gasteiger partial charge in [-0.1, -0.05) is 42.9 Å². The summed E-state index contributed by atoms with van der Waals surface area (Å²) in [6, 6.07) is 0. The molecule has 0 saturated heterocycles. The van der Waals surface area contributed by atoms with Crippen LogP contribution in [0.25, 0.3) is 0 Å². The van der Waals surface area contributed by atoms with E-state index in [1.807, 2.05) is 13.8 Å². The van der Waals surface area contributed by atoms with Crippen molar-refractivity contribution >= 4 is 0 Å². The Bertz CT molecular complexity index is 723. The number of aliphatic hydroxyl groups excluding tert-OH is 2. The minimum atomic E-state index is -0.634. The number of fused-ring (bicyclic) bond motifs is 1. The van der Waals surface area contributed by atoms with E-state index >= 15 is 0 Å². The Morgan fingerprint density at radius 3 is 2.63 bits per heavy atom. The highest BCUT2D eigenvalue weighted by Gasteiger charge is 2.52. The normalized spacial score (nSPS) is 37.6. The van der Waals surface area contributed by atoms with Crippen molar-refractivity contribution in [3.63, 3.8) is 0 Å². The largest absolute Gasteiger partial charge is 0.393 e. The van der Waals surface area contributed by atoms with Gasteiger partial charge in [0.25, 0.3) is 0 Å². The van der Waals surface area contributed by atoms with Gasteiger partial charge in [-0.15, -0.1) is 0 Å². The molecule has 3 nitrogen and oxygen atoms in total. The molecule has 5 atom stereocenters. The first-order chi connectivity index (χ1) is 14.0. The molecule has 3 saturated carbocycles. The lowest BCUT2D eigenvalue weighted by Crippen LogP contribution is -2.37. The zero-order chi connectivity index (χ0) is 22.1. The van der Waals surface area contributed by atoms with Gasteiger partial charge in [0.1, 0.15) is 0 Å². The summed E-state index contributed by atoms with van der Waals surface area (Å²) in [6.07, 6.45) is 13.3. The lowest BCUT2D eigenvalue weighted by atomic mass is 9.59. The van der Waals surface area contributed by atoms with Crippen LogP contribution in [-0.2, 0) is 0 Å². The Balaban J connectivity index is 1.85. The number of hydrogen-bond acceptors (Lipinski definition) is 3. The maximum absolute atomic E-state index is 10.2. The third-order valence-electron chi connectivity index (χ3n) is 7.98. The number of hydrogen-bond donors (Lipinski definition) is 3. The van der Waals surface area contributed by atoms with Crippen molar-refractivity contribution in [3.8, 4) is 0 Å². The third kappa shape index (κ3) is 5.00. The van der Waals surface area contributed by atoms with Crippen LogP contribution >= 0.6 is 0 Å². The molecule has 3 heteroatoms. The fourth-order valence-corrected chi connectivity index (χ4v) is 6.58. The first kappa shape index (κ1) is 23.5. The quantitative estimate of drug-likeness (QED) is 0.494. The molecule has 0 bridgehead atoms. The van der Waals surface area contributed by atoms with Crippen molar-refractivity contribution in [3.05, 3.63) is 47.6 Å². The Labute approximate surface area is 183 Å². The topological polar surface area (TPSA) is 60.7 Å². The maximum atomic E-state index is 10.2. The first-order valence-corrected chi connectivity index (χ1v) is 11.9. The number of allylic oxidation sites excluding steroid dienone is 4. The van der Waals surface area contributed by atoms with Crippen LogP contribution in [-0.4, -0.2) is 33.1 Å². The summed E-state index contributed by atoms with van der Waals surface area (Å²) >= 11 is 0. The second kappa shape index (κ2) is 9.14. The summed E-state index contributed by atoms with van der Waals surface area (Å²) in [6.45, 7) is 14.4. The Morgan fingerprint density at radius 2 is 1.97 bits per heavy atom. The van der Waals surface area contributed by atoms with Crippen molar-refractivity contribution in [2.45, 2.75) is 103 Å². The van der Waals surface area contributed by atoms with E-state index in [1.165, 1.54) is 36.8 Å². The molecule has 3 fully saturated rings. The van der Waals surface area contributed by atoms with Gasteiger partial charge in [-0.05, 0) is 101 Å².